The Kier molecular flexibility index (Phi) is 5.80. The number of methoxy groups -OCH3 is 1. The molecule has 1 aliphatic rings. The van der Waals surface area contributed by atoms with E-state index in [1.54, 1.807) is 7.11 Å². The molecule has 0 amide bonds. The van der Waals surface area contributed by atoms with Crippen LogP contribution in [0.25, 0.3) is 0 Å². The highest BCUT2D eigenvalue weighted by molar-refractivity contribution is 5.21. The Hall–Kier alpha value is -1.13. The molecule has 0 aliphatic heterocycles. The van der Waals surface area contributed by atoms with Crippen LogP contribution >= 0.6 is 0 Å². The molecule has 4 nitrogen and oxygen atoms in total. The summed E-state index contributed by atoms with van der Waals surface area (Å²) >= 11 is 0. The number of likely N-dealkylation sites (N-methyl/N-ethyl adjacent to an activating group) is 1. The molecule has 0 spiro atoms. The van der Waals surface area contributed by atoms with Crippen molar-refractivity contribution in [1.29, 1.82) is 0 Å². The van der Waals surface area contributed by atoms with Crippen LogP contribution in [0.15, 0.2) is 18.3 Å². The van der Waals surface area contributed by atoms with Gasteiger partial charge in [0, 0.05) is 30.9 Å². The van der Waals surface area contributed by atoms with E-state index in [0.29, 0.717) is 18.5 Å². The van der Waals surface area contributed by atoms with Gasteiger partial charge in [-0.05, 0) is 25.5 Å². The fourth-order valence-electron chi connectivity index (χ4n) is 3.17. The molecule has 20 heavy (non-hydrogen) atoms. The molecule has 1 atom stereocenters. The fourth-order valence-corrected chi connectivity index (χ4v) is 3.17. The van der Waals surface area contributed by atoms with E-state index in [1.807, 2.05) is 12.3 Å². The van der Waals surface area contributed by atoms with Crippen LogP contribution in [0, 0.1) is 0 Å². The summed E-state index contributed by atoms with van der Waals surface area (Å²) in [7, 11) is 3.85. The van der Waals surface area contributed by atoms with Crippen molar-refractivity contribution in [3.05, 3.63) is 23.9 Å². The van der Waals surface area contributed by atoms with Crippen molar-refractivity contribution in [3.8, 4) is 5.88 Å². The summed E-state index contributed by atoms with van der Waals surface area (Å²) in [6.07, 6.45) is 9.90. The van der Waals surface area contributed by atoms with Crippen molar-refractivity contribution in [2.24, 2.45) is 5.73 Å². The van der Waals surface area contributed by atoms with Gasteiger partial charge in [-0.1, -0.05) is 31.7 Å². The van der Waals surface area contributed by atoms with Gasteiger partial charge >= 0.3 is 0 Å². The van der Waals surface area contributed by atoms with E-state index in [0.717, 1.165) is 0 Å². The quantitative estimate of drug-likeness (QED) is 0.841. The SMILES string of the molecule is COc1ccc(C(CN)N(C)C2CCCCCC2)cn1. The highest BCUT2D eigenvalue weighted by atomic mass is 16.5. The third-order valence-electron chi connectivity index (χ3n) is 4.47. The van der Waals surface area contributed by atoms with Crippen molar-refractivity contribution in [1.82, 2.24) is 9.88 Å². The highest BCUT2D eigenvalue weighted by Crippen LogP contribution is 2.28. The molecular weight excluding hydrogens is 250 g/mol. The Morgan fingerprint density at radius 1 is 1.30 bits per heavy atom. The van der Waals surface area contributed by atoms with Gasteiger partial charge in [-0.15, -0.1) is 0 Å². The summed E-state index contributed by atoms with van der Waals surface area (Å²) in [6.45, 7) is 0.626. The largest absolute Gasteiger partial charge is 0.481 e. The summed E-state index contributed by atoms with van der Waals surface area (Å²) in [5.41, 5.74) is 7.20. The maximum atomic E-state index is 6.02. The summed E-state index contributed by atoms with van der Waals surface area (Å²) in [5, 5.41) is 0. The van der Waals surface area contributed by atoms with E-state index in [2.05, 4.69) is 23.0 Å². The van der Waals surface area contributed by atoms with E-state index in [9.17, 15) is 0 Å². The third kappa shape index (κ3) is 3.70. The maximum absolute atomic E-state index is 6.02. The van der Waals surface area contributed by atoms with Crippen LogP contribution in [-0.4, -0.2) is 36.6 Å². The van der Waals surface area contributed by atoms with Gasteiger partial charge in [-0.25, -0.2) is 4.98 Å². The standard InChI is InChI=1S/C16H27N3O/c1-19(14-7-5-3-4-6-8-14)15(11-17)13-9-10-16(20-2)18-12-13/h9-10,12,14-15H,3-8,11,17H2,1-2H3. The van der Waals surface area contributed by atoms with Gasteiger partial charge < -0.3 is 10.5 Å². The zero-order chi connectivity index (χ0) is 14.4. The Labute approximate surface area is 122 Å². The molecule has 1 heterocycles. The first-order valence-electron chi connectivity index (χ1n) is 7.68. The van der Waals surface area contributed by atoms with E-state index in [-0.39, 0.29) is 6.04 Å². The number of hydrogen-bond donors (Lipinski definition) is 1. The number of pyridine rings is 1. The molecule has 2 N–H and O–H groups in total. The zero-order valence-electron chi connectivity index (χ0n) is 12.7. The summed E-state index contributed by atoms with van der Waals surface area (Å²) in [5.74, 6) is 0.654. The number of aromatic nitrogens is 1. The lowest BCUT2D eigenvalue weighted by atomic mass is 10.0. The van der Waals surface area contributed by atoms with Gasteiger partial charge in [0.15, 0.2) is 0 Å². The van der Waals surface area contributed by atoms with Crippen LogP contribution < -0.4 is 10.5 Å². The molecule has 1 unspecified atom stereocenters. The van der Waals surface area contributed by atoms with Gasteiger partial charge in [-0.2, -0.15) is 0 Å². The normalized spacial score (nSPS) is 18.8. The zero-order valence-corrected chi connectivity index (χ0v) is 12.7. The second kappa shape index (κ2) is 7.60. The second-order valence-electron chi connectivity index (χ2n) is 5.70. The lowest BCUT2D eigenvalue weighted by molar-refractivity contribution is 0.161. The molecule has 1 aromatic rings. The van der Waals surface area contributed by atoms with Crippen LogP contribution in [0.2, 0.25) is 0 Å². The minimum absolute atomic E-state index is 0.247. The number of rotatable bonds is 5. The number of nitrogens with zero attached hydrogens (tertiary/aromatic N) is 2. The minimum Gasteiger partial charge on any atom is -0.481 e. The van der Waals surface area contributed by atoms with Crippen LogP contribution in [-0.2, 0) is 0 Å². The molecule has 1 fully saturated rings. The van der Waals surface area contributed by atoms with Crippen LogP contribution in [0.5, 0.6) is 5.88 Å². The molecule has 4 heteroatoms. The molecule has 0 saturated heterocycles. The summed E-state index contributed by atoms with van der Waals surface area (Å²) in [4.78, 5) is 6.76. The van der Waals surface area contributed by atoms with E-state index < -0.39 is 0 Å². The molecule has 0 aromatic carbocycles. The van der Waals surface area contributed by atoms with Crippen molar-refractivity contribution >= 4 is 0 Å². The van der Waals surface area contributed by atoms with Crippen molar-refractivity contribution in [2.75, 3.05) is 20.7 Å². The second-order valence-corrected chi connectivity index (χ2v) is 5.70. The van der Waals surface area contributed by atoms with E-state index in [4.69, 9.17) is 10.5 Å². The molecule has 1 aliphatic carbocycles. The third-order valence-corrected chi connectivity index (χ3v) is 4.47. The van der Waals surface area contributed by atoms with Crippen LogP contribution in [0.3, 0.4) is 0 Å². The van der Waals surface area contributed by atoms with Gasteiger partial charge in [0.2, 0.25) is 5.88 Å². The van der Waals surface area contributed by atoms with Crippen molar-refractivity contribution in [3.63, 3.8) is 0 Å². The fraction of sp³-hybridized carbons (Fsp3) is 0.688. The van der Waals surface area contributed by atoms with Gasteiger partial charge in [-0.3, -0.25) is 4.90 Å². The van der Waals surface area contributed by atoms with E-state index in [1.165, 1.54) is 44.1 Å². The number of ether oxygens (including phenoxy) is 1. The Morgan fingerprint density at radius 2 is 2.00 bits per heavy atom. The number of nitrogens with two attached hydrogens (primary N) is 1. The molecule has 0 bridgehead atoms. The topological polar surface area (TPSA) is 51.4 Å². The van der Waals surface area contributed by atoms with Crippen LogP contribution in [0.1, 0.15) is 50.1 Å². The molecule has 112 valence electrons. The lowest BCUT2D eigenvalue weighted by Gasteiger charge is -2.34. The van der Waals surface area contributed by atoms with Crippen LogP contribution in [0.4, 0.5) is 0 Å². The Balaban J connectivity index is 2.08. The monoisotopic (exact) mass is 277 g/mol. The van der Waals surface area contributed by atoms with Crippen molar-refractivity contribution < 1.29 is 4.74 Å². The average molecular weight is 277 g/mol. The average Bonchev–Trinajstić information content (AvgIpc) is 2.77. The van der Waals surface area contributed by atoms with Gasteiger partial charge in [0.05, 0.1) is 7.11 Å². The first-order valence-corrected chi connectivity index (χ1v) is 7.68. The molecule has 0 radical (unpaired) electrons. The Morgan fingerprint density at radius 3 is 2.50 bits per heavy atom. The van der Waals surface area contributed by atoms with Gasteiger partial charge in [0.25, 0.3) is 0 Å². The number of hydrogen-bond acceptors (Lipinski definition) is 4. The highest BCUT2D eigenvalue weighted by Gasteiger charge is 2.24. The Bertz CT molecular complexity index is 385. The minimum atomic E-state index is 0.247. The first-order chi connectivity index (χ1) is 9.76. The van der Waals surface area contributed by atoms with E-state index >= 15 is 0 Å². The predicted molar refractivity (Wildman–Crippen MR) is 81.8 cm³/mol. The molecule has 1 saturated carbocycles. The lowest BCUT2D eigenvalue weighted by Crippen LogP contribution is -2.38. The molecule has 1 aromatic heterocycles. The summed E-state index contributed by atoms with van der Waals surface area (Å²) in [6, 6.07) is 4.89. The first kappa shape index (κ1) is 15.3. The summed E-state index contributed by atoms with van der Waals surface area (Å²) < 4.78 is 5.12. The van der Waals surface area contributed by atoms with Gasteiger partial charge in [0.1, 0.15) is 0 Å². The molecular formula is C16H27N3O. The maximum Gasteiger partial charge on any atom is 0.212 e. The van der Waals surface area contributed by atoms with Crippen molar-refractivity contribution in [2.45, 2.75) is 50.6 Å². The molecule has 2 rings (SSSR count). The predicted octanol–water partition coefficient (Wildman–Crippen LogP) is 2.74. The smallest absolute Gasteiger partial charge is 0.212 e.